The van der Waals surface area contributed by atoms with E-state index in [4.69, 9.17) is 4.98 Å². The van der Waals surface area contributed by atoms with Crippen molar-refractivity contribution in [2.45, 2.75) is 0 Å². The summed E-state index contributed by atoms with van der Waals surface area (Å²) in [5.41, 5.74) is 5.82. The fourth-order valence-electron chi connectivity index (χ4n) is 4.42. The molecule has 6 aromatic rings. The molecule has 1 heterocycles. The van der Waals surface area contributed by atoms with Gasteiger partial charge in [-0.05, 0) is 56.9 Å². The van der Waals surface area contributed by atoms with E-state index in [1.54, 1.807) is 0 Å². The summed E-state index contributed by atoms with van der Waals surface area (Å²) < 4.78 is 2.17. The number of aromatic nitrogens is 2. The molecule has 5 aromatic carbocycles. The minimum Gasteiger partial charge on any atom is -0.327 e. The molecule has 0 N–H and O–H groups in total. The van der Waals surface area contributed by atoms with E-state index in [0.717, 1.165) is 22.4 Å². The normalized spacial score (nSPS) is 11.5. The van der Waals surface area contributed by atoms with E-state index in [-0.39, 0.29) is 0 Å². The summed E-state index contributed by atoms with van der Waals surface area (Å²) in [6, 6.07) is 36.7. The molecule has 0 amide bonds. The number of rotatable bonds is 2. The molecule has 0 aliphatic heterocycles. The minimum atomic E-state index is 0.998. The number of benzene rings is 5. The Balaban J connectivity index is 1.50. The predicted octanol–water partition coefficient (Wildman–Crippen LogP) is 7.21. The lowest BCUT2D eigenvalue weighted by molar-refractivity contribution is 0.960. The van der Waals surface area contributed by atoms with E-state index in [0.29, 0.717) is 0 Å². The molecule has 0 saturated heterocycles. The highest BCUT2D eigenvalue weighted by molar-refractivity contribution is 6.09. The molecule has 0 aliphatic rings. The zero-order valence-corrected chi connectivity index (χ0v) is 16.7. The summed E-state index contributed by atoms with van der Waals surface area (Å²) in [6.45, 7) is 0. The van der Waals surface area contributed by atoms with Crippen LogP contribution in [0.15, 0.2) is 103 Å². The molecule has 0 fully saturated rings. The van der Waals surface area contributed by atoms with Crippen molar-refractivity contribution in [1.82, 2.24) is 9.55 Å². The van der Waals surface area contributed by atoms with E-state index in [1.807, 2.05) is 6.07 Å². The minimum absolute atomic E-state index is 0.998. The van der Waals surface area contributed by atoms with Crippen LogP contribution >= 0.6 is 0 Å². The van der Waals surface area contributed by atoms with Crippen molar-refractivity contribution in [3.63, 3.8) is 0 Å². The fourth-order valence-corrected chi connectivity index (χ4v) is 4.42. The van der Waals surface area contributed by atoms with Crippen molar-refractivity contribution >= 4 is 32.6 Å². The van der Waals surface area contributed by atoms with Gasteiger partial charge in [0.05, 0.1) is 11.0 Å². The van der Waals surface area contributed by atoms with E-state index in [9.17, 15) is 0 Å². The first-order valence-corrected chi connectivity index (χ1v) is 10.2. The molecule has 6 rings (SSSR count). The van der Waals surface area contributed by atoms with Crippen LogP contribution in [0.5, 0.6) is 0 Å². The Hall–Kier alpha value is -3.91. The smallest absolute Gasteiger partial charge is 0.140 e. The lowest BCUT2D eigenvalue weighted by atomic mass is 9.96. The summed E-state index contributed by atoms with van der Waals surface area (Å²) in [4.78, 5) is 4.86. The Morgan fingerprint density at radius 3 is 1.93 bits per heavy atom. The van der Waals surface area contributed by atoms with Crippen molar-refractivity contribution in [3.8, 4) is 22.5 Å². The molecule has 0 atom stereocenters. The van der Waals surface area contributed by atoms with Crippen LogP contribution in [-0.2, 0) is 7.05 Å². The molecule has 0 spiro atoms. The molecule has 30 heavy (non-hydrogen) atoms. The van der Waals surface area contributed by atoms with E-state index in [2.05, 4.69) is 109 Å². The molecule has 0 unspecified atom stereocenters. The topological polar surface area (TPSA) is 17.8 Å². The van der Waals surface area contributed by atoms with Crippen molar-refractivity contribution in [1.29, 1.82) is 0 Å². The quantitative estimate of drug-likeness (QED) is 0.288. The van der Waals surface area contributed by atoms with Crippen molar-refractivity contribution in [2.24, 2.45) is 7.05 Å². The van der Waals surface area contributed by atoms with Gasteiger partial charge in [0, 0.05) is 12.6 Å². The average molecular weight is 384 g/mol. The summed E-state index contributed by atoms with van der Waals surface area (Å²) >= 11 is 0. The monoisotopic (exact) mass is 384 g/mol. The molecule has 142 valence electrons. The Bertz CT molecular complexity index is 1540. The highest BCUT2D eigenvalue weighted by Crippen LogP contribution is 2.32. The molecule has 0 aliphatic carbocycles. The second kappa shape index (κ2) is 6.57. The predicted molar refractivity (Wildman–Crippen MR) is 127 cm³/mol. The van der Waals surface area contributed by atoms with Gasteiger partial charge in [0.2, 0.25) is 0 Å². The molecule has 2 heteroatoms. The molecular formula is C28H20N2. The van der Waals surface area contributed by atoms with Gasteiger partial charge in [0.1, 0.15) is 5.82 Å². The zero-order chi connectivity index (χ0) is 20.1. The van der Waals surface area contributed by atoms with Crippen molar-refractivity contribution in [3.05, 3.63) is 103 Å². The van der Waals surface area contributed by atoms with Gasteiger partial charge in [-0.1, -0.05) is 78.9 Å². The van der Waals surface area contributed by atoms with Crippen LogP contribution in [0.4, 0.5) is 0 Å². The third kappa shape index (κ3) is 2.61. The molecule has 0 saturated carbocycles. The molecule has 0 bridgehead atoms. The fraction of sp³-hybridized carbons (Fsp3) is 0.0357. The maximum atomic E-state index is 4.86. The second-order valence-electron chi connectivity index (χ2n) is 7.79. The summed E-state index contributed by atoms with van der Waals surface area (Å²) in [6.07, 6.45) is 0. The Morgan fingerprint density at radius 1 is 0.567 bits per heavy atom. The van der Waals surface area contributed by atoms with Gasteiger partial charge < -0.3 is 4.57 Å². The van der Waals surface area contributed by atoms with Gasteiger partial charge in [0.15, 0.2) is 0 Å². The van der Waals surface area contributed by atoms with E-state index >= 15 is 0 Å². The van der Waals surface area contributed by atoms with Gasteiger partial charge in [0.25, 0.3) is 0 Å². The van der Waals surface area contributed by atoms with Crippen LogP contribution in [0, 0.1) is 0 Å². The number of hydrogen-bond acceptors (Lipinski definition) is 1. The van der Waals surface area contributed by atoms with Crippen LogP contribution in [0.2, 0.25) is 0 Å². The maximum absolute atomic E-state index is 4.86. The summed E-state index contributed by atoms with van der Waals surface area (Å²) in [5, 5.41) is 5.05. The highest BCUT2D eigenvalue weighted by atomic mass is 15.1. The zero-order valence-electron chi connectivity index (χ0n) is 16.7. The van der Waals surface area contributed by atoms with Gasteiger partial charge in [-0.2, -0.15) is 0 Å². The van der Waals surface area contributed by atoms with Crippen molar-refractivity contribution < 1.29 is 0 Å². The van der Waals surface area contributed by atoms with Crippen LogP contribution in [0.25, 0.3) is 55.1 Å². The summed E-state index contributed by atoms with van der Waals surface area (Å²) in [7, 11) is 2.08. The first-order valence-electron chi connectivity index (χ1n) is 10.2. The highest BCUT2D eigenvalue weighted by Gasteiger charge is 2.11. The SMILES string of the molecule is Cn1c(-c2ccc3c(ccc4cc(-c5ccccc5)ccc43)c2)nc2ccccc21. The number of aryl methyl sites for hydroxylation is 1. The van der Waals surface area contributed by atoms with Gasteiger partial charge in [-0.25, -0.2) is 4.98 Å². The van der Waals surface area contributed by atoms with E-state index in [1.165, 1.54) is 32.7 Å². The van der Waals surface area contributed by atoms with Crippen molar-refractivity contribution in [2.75, 3.05) is 0 Å². The molecule has 2 nitrogen and oxygen atoms in total. The second-order valence-corrected chi connectivity index (χ2v) is 7.79. The number of fused-ring (bicyclic) bond motifs is 4. The van der Waals surface area contributed by atoms with E-state index < -0.39 is 0 Å². The number of nitrogens with zero attached hydrogens (tertiary/aromatic N) is 2. The molecule has 0 radical (unpaired) electrons. The lowest BCUT2D eigenvalue weighted by Crippen LogP contribution is -1.92. The molecule has 1 aromatic heterocycles. The number of hydrogen-bond donors (Lipinski definition) is 0. The Morgan fingerprint density at radius 2 is 1.20 bits per heavy atom. The first kappa shape index (κ1) is 17.0. The Kier molecular flexibility index (Phi) is 3.72. The Labute approximate surface area is 175 Å². The average Bonchev–Trinajstić information content (AvgIpc) is 3.15. The number of imidazole rings is 1. The third-order valence-corrected chi connectivity index (χ3v) is 5.99. The van der Waals surface area contributed by atoms with Gasteiger partial charge >= 0.3 is 0 Å². The maximum Gasteiger partial charge on any atom is 0.140 e. The third-order valence-electron chi connectivity index (χ3n) is 5.99. The van der Waals surface area contributed by atoms with Crippen LogP contribution in [0.1, 0.15) is 0 Å². The lowest BCUT2D eigenvalue weighted by Gasteiger charge is -2.09. The van der Waals surface area contributed by atoms with Crippen LogP contribution < -0.4 is 0 Å². The summed E-state index contributed by atoms with van der Waals surface area (Å²) in [5.74, 6) is 0.998. The standard InChI is InChI=1S/C28H20N2/c1-30-27-10-6-5-9-26(27)29-28(30)23-14-16-25-22(18-23)12-11-21-17-20(13-15-24(21)25)19-7-3-2-4-8-19/h2-18H,1H3. The molecular weight excluding hydrogens is 364 g/mol. The van der Waals surface area contributed by atoms with Gasteiger partial charge in [-0.15, -0.1) is 0 Å². The first-order chi connectivity index (χ1) is 14.8. The van der Waals surface area contributed by atoms with Crippen LogP contribution in [-0.4, -0.2) is 9.55 Å². The van der Waals surface area contributed by atoms with Crippen LogP contribution in [0.3, 0.4) is 0 Å². The number of para-hydroxylation sites is 2. The largest absolute Gasteiger partial charge is 0.327 e. The van der Waals surface area contributed by atoms with Gasteiger partial charge in [-0.3, -0.25) is 0 Å².